The molecule has 0 fully saturated rings. The van der Waals surface area contributed by atoms with E-state index in [0.717, 1.165) is 0 Å². The molecular formula is C21H23N3O6. The molecule has 0 spiro atoms. The number of hydrazone groups is 1. The first-order chi connectivity index (χ1) is 14.6. The molecule has 1 aliphatic heterocycles. The molecule has 0 unspecified atom stereocenters. The largest absolute Gasteiger partial charge is 0.493 e. The number of carbonyl (C=O) groups excluding carboxylic acids is 2. The topological polar surface area (TPSA) is 107 Å². The van der Waals surface area contributed by atoms with Crippen LogP contribution in [0.15, 0.2) is 47.6 Å². The fraction of sp³-hybridized carbons (Fsp3) is 0.286. The van der Waals surface area contributed by atoms with Gasteiger partial charge in [-0.3, -0.25) is 9.59 Å². The van der Waals surface area contributed by atoms with Crippen LogP contribution in [0.4, 0.5) is 0 Å². The summed E-state index contributed by atoms with van der Waals surface area (Å²) in [6.45, 7) is 2.35. The second-order valence-electron chi connectivity index (χ2n) is 6.25. The summed E-state index contributed by atoms with van der Waals surface area (Å²) in [4.78, 5) is 23.8. The molecule has 1 aliphatic rings. The molecule has 1 atom stereocenters. The summed E-state index contributed by atoms with van der Waals surface area (Å²) >= 11 is 0. The fourth-order valence-corrected chi connectivity index (χ4v) is 2.67. The number of ether oxygens (including phenoxy) is 4. The van der Waals surface area contributed by atoms with Crippen molar-refractivity contribution >= 4 is 18.0 Å². The van der Waals surface area contributed by atoms with Gasteiger partial charge in [0.05, 0.1) is 13.3 Å². The lowest BCUT2D eigenvalue weighted by Gasteiger charge is -2.24. The smallest absolute Gasteiger partial charge is 0.284 e. The number of nitrogens with one attached hydrogen (secondary N) is 2. The molecule has 2 aromatic carbocycles. The van der Waals surface area contributed by atoms with Crippen LogP contribution in [-0.2, 0) is 9.59 Å². The van der Waals surface area contributed by atoms with E-state index in [1.165, 1.54) is 13.3 Å². The van der Waals surface area contributed by atoms with Crippen LogP contribution in [0.1, 0.15) is 12.5 Å². The molecule has 0 bridgehead atoms. The number of rotatable bonds is 8. The van der Waals surface area contributed by atoms with Crippen molar-refractivity contribution in [3.8, 4) is 23.0 Å². The first kappa shape index (κ1) is 21.0. The van der Waals surface area contributed by atoms with Crippen LogP contribution >= 0.6 is 0 Å². The number of fused-ring (bicyclic) bond motifs is 1. The zero-order chi connectivity index (χ0) is 21.3. The predicted molar refractivity (Wildman–Crippen MR) is 109 cm³/mol. The Morgan fingerprint density at radius 3 is 2.77 bits per heavy atom. The summed E-state index contributed by atoms with van der Waals surface area (Å²) < 4.78 is 21.9. The molecular weight excluding hydrogens is 390 g/mol. The normalized spacial score (nSPS) is 14.8. The first-order valence-electron chi connectivity index (χ1n) is 9.39. The quantitative estimate of drug-likeness (QED) is 0.502. The number of hydrogen-bond donors (Lipinski definition) is 2. The highest BCUT2D eigenvalue weighted by atomic mass is 16.6. The van der Waals surface area contributed by atoms with Crippen molar-refractivity contribution in [3.05, 3.63) is 48.0 Å². The number of para-hydroxylation sites is 2. The van der Waals surface area contributed by atoms with E-state index in [1.54, 1.807) is 36.4 Å². The summed E-state index contributed by atoms with van der Waals surface area (Å²) in [5.41, 5.74) is 3.11. The van der Waals surface area contributed by atoms with Gasteiger partial charge in [0.1, 0.15) is 6.61 Å². The minimum absolute atomic E-state index is 0.101. The van der Waals surface area contributed by atoms with Crippen LogP contribution in [-0.4, -0.2) is 51.0 Å². The second kappa shape index (κ2) is 10.1. The average molecular weight is 413 g/mol. The summed E-state index contributed by atoms with van der Waals surface area (Å²) in [6.07, 6.45) is 0.669. The van der Waals surface area contributed by atoms with Crippen molar-refractivity contribution in [2.24, 2.45) is 5.10 Å². The molecule has 9 heteroatoms. The summed E-state index contributed by atoms with van der Waals surface area (Å²) in [7, 11) is 1.50. The van der Waals surface area contributed by atoms with Gasteiger partial charge in [0.25, 0.3) is 11.8 Å². The van der Waals surface area contributed by atoms with Crippen molar-refractivity contribution in [2.45, 2.75) is 13.0 Å². The van der Waals surface area contributed by atoms with Crippen LogP contribution in [0, 0.1) is 0 Å². The van der Waals surface area contributed by atoms with Crippen molar-refractivity contribution in [1.82, 2.24) is 10.7 Å². The highest BCUT2D eigenvalue weighted by Gasteiger charge is 2.26. The van der Waals surface area contributed by atoms with Crippen LogP contribution in [0.3, 0.4) is 0 Å². The molecule has 3 rings (SSSR count). The number of amides is 2. The fourth-order valence-electron chi connectivity index (χ4n) is 2.67. The van der Waals surface area contributed by atoms with Crippen LogP contribution < -0.4 is 29.7 Å². The van der Waals surface area contributed by atoms with Crippen LogP contribution in [0.25, 0.3) is 0 Å². The van der Waals surface area contributed by atoms with Crippen molar-refractivity contribution in [1.29, 1.82) is 0 Å². The SMILES string of the molecule is CCNC(=O)COc1ccc(/C=N\NC(=O)[C@H]2COc3ccccc3O2)cc1OC. The number of nitrogens with zero attached hydrogens (tertiary/aromatic N) is 1. The van der Waals surface area contributed by atoms with Crippen molar-refractivity contribution in [2.75, 3.05) is 26.9 Å². The molecule has 0 radical (unpaired) electrons. The second-order valence-corrected chi connectivity index (χ2v) is 6.25. The predicted octanol–water partition coefficient (Wildman–Crippen LogP) is 1.50. The Kier molecular flexibility index (Phi) is 7.09. The Balaban J connectivity index is 1.55. The van der Waals surface area contributed by atoms with Gasteiger partial charge >= 0.3 is 0 Å². The van der Waals surface area contributed by atoms with Gasteiger partial charge in [0.15, 0.2) is 29.6 Å². The van der Waals surface area contributed by atoms with E-state index in [4.69, 9.17) is 18.9 Å². The van der Waals surface area contributed by atoms with Crippen LogP contribution in [0.2, 0.25) is 0 Å². The highest BCUT2D eigenvalue weighted by Crippen LogP contribution is 2.31. The standard InChI is InChI=1S/C21H23N3O6/c1-3-22-20(25)13-29-16-9-8-14(10-18(16)27-2)11-23-24-21(26)19-12-28-15-6-4-5-7-17(15)30-19/h4-11,19H,3,12-13H2,1-2H3,(H,22,25)(H,24,26)/b23-11-/t19-/m1/s1. The zero-order valence-electron chi connectivity index (χ0n) is 16.7. The molecule has 0 saturated carbocycles. The average Bonchev–Trinajstić information content (AvgIpc) is 2.77. The number of hydrogen-bond acceptors (Lipinski definition) is 7. The number of methoxy groups -OCH3 is 1. The molecule has 0 aliphatic carbocycles. The summed E-state index contributed by atoms with van der Waals surface area (Å²) in [6, 6.07) is 12.2. The third-order valence-electron chi connectivity index (χ3n) is 4.11. The van der Waals surface area contributed by atoms with E-state index >= 15 is 0 Å². The number of benzene rings is 2. The third kappa shape index (κ3) is 5.40. The zero-order valence-corrected chi connectivity index (χ0v) is 16.7. The van der Waals surface area contributed by atoms with Crippen molar-refractivity contribution in [3.63, 3.8) is 0 Å². The molecule has 1 heterocycles. The maximum atomic E-state index is 12.3. The minimum atomic E-state index is -0.795. The lowest BCUT2D eigenvalue weighted by molar-refractivity contribution is -0.130. The Hall–Kier alpha value is -3.75. The maximum absolute atomic E-state index is 12.3. The summed E-state index contributed by atoms with van der Waals surface area (Å²) in [5, 5.41) is 6.61. The Bertz CT molecular complexity index is 931. The van der Waals surface area contributed by atoms with Crippen LogP contribution in [0.5, 0.6) is 23.0 Å². The van der Waals surface area contributed by atoms with Gasteiger partial charge < -0.3 is 24.3 Å². The van der Waals surface area contributed by atoms with E-state index in [9.17, 15) is 9.59 Å². The van der Waals surface area contributed by atoms with E-state index in [1.807, 2.05) is 13.0 Å². The molecule has 30 heavy (non-hydrogen) atoms. The van der Waals surface area contributed by atoms with Gasteiger partial charge in [-0.25, -0.2) is 5.43 Å². The van der Waals surface area contributed by atoms with E-state index < -0.39 is 12.0 Å². The minimum Gasteiger partial charge on any atom is -0.493 e. The molecule has 0 saturated heterocycles. The van der Waals surface area contributed by atoms with Gasteiger partial charge in [-0.15, -0.1) is 0 Å². The third-order valence-corrected chi connectivity index (χ3v) is 4.11. The Morgan fingerprint density at radius 1 is 1.20 bits per heavy atom. The first-order valence-corrected chi connectivity index (χ1v) is 9.39. The molecule has 9 nitrogen and oxygen atoms in total. The summed E-state index contributed by atoms with van der Waals surface area (Å²) in [5.74, 6) is 1.35. The molecule has 0 aromatic heterocycles. The Labute approximate surface area is 174 Å². The van der Waals surface area contributed by atoms with Crippen molar-refractivity contribution < 1.29 is 28.5 Å². The lowest BCUT2D eigenvalue weighted by Crippen LogP contribution is -2.42. The molecule has 2 aromatic rings. The Morgan fingerprint density at radius 2 is 2.00 bits per heavy atom. The maximum Gasteiger partial charge on any atom is 0.284 e. The number of carbonyl (C=O) groups is 2. The van der Waals surface area contributed by atoms with E-state index in [2.05, 4.69) is 15.8 Å². The molecule has 158 valence electrons. The monoisotopic (exact) mass is 413 g/mol. The van der Waals surface area contributed by atoms with Gasteiger partial charge in [-0.2, -0.15) is 5.10 Å². The van der Waals surface area contributed by atoms with E-state index in [-0.39, 0.29) is 19.1 Å². The van der Waals surface area contributed by atoms with Gasteiger partial charge in [0, 0.05) is 6.54 Å². The lowest BCUT2D eigenvalue weighted by atomic mass is 10.2. The van der Waals surface area contributed by atoms with Gasteiger partial charge in [-0.1, -0.05) is 12.1 Å². The highest BCUT2D eigenvalue weighted by molar-refractivity contribution is 5.85. The molecule has 2 amide bonds. The van der Waals surface area contributed by atoms with E-state index in [0.29, 0.717) is 35.1 Å². The van der Waals surface area contributed by atoms with Gasteiger partial charge in [-0.05, 0) is 42.8 Å². The van der Waals surface area contributed by atoms with Gasteiger partial charge in [0.2, 0.25) is 6.10 Å². The molecule has 2 N–H and O–H groups in total. The number of likely N-dealkylation sites (N-methyl/N-ethyl adjacent to an activating group) is 1.